The van der Waals surface area contributed by atoms with E-state index in [-0.39, 0.29) is 5.41 Å². The lowest BCUT2D eigenvalue weighted by Crippen LogP contribution is -2.19. The van der Waals surface area contributed by atoms with Gasteiger partial charge in [0.25, 0.3) is 0 Å². The van der Waals surface area contributed by atoms with Crippen LogP contribution in [0.25, 0.3) is 0 Å². The topological polar surface area (TPSA) is 0 Å². The monoisotopic (exact) mass is 452 g/mol. The van der Waals surface area contributed by atoms with Crippen LogP contribution in [0.3, 0.4) is 0 Å². The molecule has 1 saturated carbocycles. The minimum absolute atomic E-state index is 0.201. The second kappa shape index (κ2) is 17.0. The normalized spacial score (nSPS) is 14.8. The van der Waals surface area contributed by atoms with Gasteiger partial charge in [-0.05, 0) is 58.8 Å². The number of hydrogen-bond donors (Lipinski definition) is 0. The zero-order chi connectivity index (χ0) is 25.4. The molecular formula is C33H56. The molecule has 0 nitrogen and oxygen atoms in total. The highest BCUT2D eigenvalue weighted by molar-refractivity contribution is 5.37. The molecular weight excluding hydrogens is 396 g/mol. The third-order valence-corrected chi connectivity index (χ3v) is 6.49. The van der Waals surface area contributed by atoms with Crippen molar-refractivity contribution < 1.29 is 0 Å². The summed E-state index contributed by atoms with van der Waals surface area (Å²) in [7, 11) is 0. The van der Waals surface area contributed by atoms with Crippen LogP contribution in [-0.4, -0.2) is 0 Å². The second-order valence-electron chi connectivity index (χ2n) is 10.2. The molecule has 0 spiro atoms. The molecule has 1 aliphatic rings. The molecule has 0 radical (unpaired) electrons. The van der Waals surface area contributed by atoms with Gasteiger partial charge in [0.15, 0.2) is 0 Å². The lowest BCUT2D eigenvalue weighted by atomic mass is 9.72. The first kappa shape index (κ1) is 31.4. The molecule has 0 amide bonds. The lowest BCUT2D eigenvalue weighted by molar-refractivity contribution is 0.346. The van der Waals surface area contributed by atoms with Crippen LogP contribution in [-0.2, 0) is 5.41 Å². The molecule has 0 aliphatic heterocycles. The first-order valence-electron chi connectivity index (χ1n) is 13.9. The Morgan fingerprint density at radius 1 is 0.788 bits per heavy atom. The molecule has 188 valence electrons. The summed E-state index contributed by atoms with van der Waals surface area (Å²) in [5.41, 5.74) is 6.11. The average Bonchev–Trinajstić information content (AvgIpc) is 3.71. The van der Waals surface area contributed by atoms with E-state index in [0.29, 0.717) is 17.8 Å². The molecule has 1 aliphatic carbocycles. The molecule has 3 atom stereocenters. The number of rotatable bonds is 7. The van der Waals surface area contributed by atoms with E-state index in [9.17, 15) is 0 Å². The van der Waals surface area contributed by atoms with Gasteiger partial charge in [0, 0.05) is 0 Å². The Kier molecular flexibility index (Phi) is 16.2. The Hall–Kier alpha value is -1.56. The number of benzene rings is 2. The zero-order valence-corrected chi connectivity index (χ0v) is 24.1. The predicted molar refractivity (Wildman–Crippen MR) is 153 cm³/mol. The maximum atomic E-state index is 2.48. The molecule has 0 heteroatoms. The fourth-order valence-electron chi connectivity index (χ4n) is 4.20. The highest BCUT2D eigenvalue weighted by atomic mass is 14.3. The highest BCUT2D eigenvalue weighted by Crippen LogP contribution is 2.41. The SMILES string of the molecule is C1CC1.CC.CC.CCCCC(C(C)c1ccccc1)C(C)c1cc(C(C)(C)C)ccc1C. The maximum absolute atomic E-state index is 2.48. The summed E-state index contributed by atoms with van der Waals surface area (Å²) in [6.45, 7) is 24.4. The van der Waals surface area contributed by atoms with Gasteiger partial charge in [0.05, 0.1) is 0 Å². The van der Waals surface area contributed by atoms with E-state index in [0.717, 1.165) is 0 Å². The Bertz CT molecular complexity index is 715. The van der Waals surface area contributed by atoms with Gasteiger partial charge in [-0.2, -0.15) is 0 Å². The predicted octanol–water partition coefficient (Wildman–Crippen LogP) is 11.2. The third kappa shape index (κ3) is 11.4. The van der Waals surface area contributed by atoms with Crippen molar-refractivity contribution in [3.05, 3.63) is 70.8 Å². The number of unbranched alkanes of at least 4 members (excludes halogenated alkanes) is 1. The van der Waals surface area contributed by atoms with Gasteiger partial charge in [0.1, 0.15) is 0 Å². The van der Waals surface area contributed by atoms with Crippen molar-refractivity contribution in [2.75, 3.05) is 0 Å². The van der Waals surface area contributed by atoms with Gasteiger partial charge in [-0.1, -0.05) is 150 Å². The van der Waals surface area contributed by atoms with E-state index < -0.39 is 0 Å². The van der Waals surface area contributed by atoms with Crippen molar-refractivity contribution >= 4 is 0 Å². The van der Waals surface area contributed by atoms with Crippen LogP contribution < -0.4 is 0 Å². The highest BCUT2D eigenvalue weighted by Gasteiger charge is 2.27. The van der Waals surface area contributed by atoms with Gasteiger partial charge in [-0.25, -0.2) is 0 Å². The maximum Gasteiger partial charge on any atom is -0.0132 e. The molecule has 1 fully saturated rings. The summed E-state index contributed by atoms with van der Waals surface area (Å²) in [6, 6.07) is 18.2. The van der Waals surface area contributed by atoms with Crippen LogP contribution in [0, 0.1) is 12.8 Å². The Balaban J connectivity index is 0.00000129. The molecule has 2 aromatic rings. The van der Waals surface area contributed by atoms with Crippen molar-refractivity contribution in [3.63, 3.8) is 0 Å². The molecule has 0 heterocycles. The second-order valence-corrected chi connectivity index (χ2v) is 10.2. The molecule has 3 unspecified atom stereocenters. The van der Waals surface area contributed by atoms with E-state index >= 15 is 0 Å². The van der Waals surface area contributed by atoms with Crippen LogP contribution >= 0.6 is 0 Å². The fourth-order valence-corrected chi connectivity index (χ4v) is 4.20. The lowest BCUT2D eigenvalue weighted by Gasteiger charge is -2.32. The molecule has 0 aromatic heterocycles. The van der Waals surface area contributed by atoms with Gasteiger partial charge in [-0.15, -0.1) is 0 Å². The molecule has 0 bridgehead atoms. The van der Waals surface area contributed by atoms with Crippen molar-refractivity contribution in [2.45, 2.75) is 132 Å². The van der Waals surface area contributed by atoms with E-state index in [1.54, 1.807) is 5.56 Å². The van der Waals surface area contributed by atoms with Crippen LogP contribution in [0.5, 0.6) is 0 Å². The molecule has 3 rings (SSSR count). The van der Waals surface area contributed by atoms with Crippen LogP contribution in [0.15, 0.2) is 48.5 Å². The summed E-state index contributed by atoms with van der Waals surface area (Å²) >= 11 is 0. The number of hydrogen-bond acceptors (Lipinski definition) is 0. The van der Waals surface area contributed by atoms with E-state index in [4.69, 9.17) is 0 Å². The van der Waals surface area contributed by atoms with Crippen molar-refractivity contribution in [3.8, 4) is 0 Å². The minimum atomic E-state index is 0.201. The molecule has 2 aromatic carbocycles. The van der Waals surface area contributed by atoms with Gasteiger partial charge in [-0.3, -0.25) is 0 Å². The smallest absolute Gasteiger partial charge is 0.0132 e. The molecule has 0 saturated heterocycles. The van der Waals surface area contributed by atoms with Gasteiger partial charge >= 0.3 is 0 Å². The summed E-state index contributed by atoms with van der Waals surface area (Å²) in [4.78, 5) is 0. The van der Waals surface area contributed by atoms with Crippen molar-refractivity contribution in [2.24, 2.45) is 5.92 Å². The van der Waals surface area contributed by atoms with Gasteiger partial charge < -0.3 is 0 Å². The zero-order valence-electron chi connectivity index (χ0n) is 24.1. The standard InChI is InChI=1S/C26H38.C3H6.2C2H6/c1-8-9-15-24(20(3)22-13-11-10-12-14-22)21(4)25-18-23(26(5,6)7)17-16-19(25)2;1-2-3-1;2*1-2/h10-14,16-18,20-21,24H,8-9,15H2,1-7H3;1-3H2;2*1-2H3. The molecule has 33 heavy (non-hydrogen) atoms. The minimum Gasteiger partial charge on any atom is -0.0683 e. The van der Waals surface area contributed by atoms with Crippen LogP contribution in [0.1, 0.15) is 142 Å². The quantitative estimate of drug-likeness (QED) is 0.392. The summed E-state index contributed by atoms with van der Waals surface area (Å²) < 4.78 is 0. The Morgan fingerprint density at radius 3 is 1.79 bits per heavy atom. The average molecular weight is 453 g/mol. The summed E-state index contributed by atoms with van der Waals surface area (Å²) in [5, 5.41) is 0. The first-order valence-corrected chi connectivity index (χ1v) is 13.9. The van der Waals surface area contributed by atoms with Crippen molar-refractivity contribution in [1.29, 1.82) is 0 Å². The largest absolute Gasteiger partial charge is 0.0683 e. The summed E-state index contributed by atoms with van der Waals surface area (Å²) in [5.74, 6) is 1.82. The first-order chi connectivity index (χ1) is 15.8. The van der Waals surface area contributed by atoms with Crippen LogP contribution in [0.2, 0.25) is 0 Å². The van der Waals surface area contributed by atoms with Crippen molar-refractivity contribution in [1.82, 2.24) is 0 Å². The van der Waals surface area contributed by atoms with Crippen LogP contribution in [0.4, 0.5) is 0 Å². The number of aryl methyl sites for hydroxylation is 1. The Morgan fingerprint density at radius 2 is 1.33 bits per heavy atom. The summed E-state index contributed by atoms with van der Waals surface area (Å²) in [6.07, 6.45) is 8.38. The third-order valence-electron chi connectivity index (χ3n) is 6.49. The van der Waals surface area contributed by atoms with E-state index in [2.05, 4.69) is 97.0 Å². The van der Waals surface area contributed by atoms with Gasteiger partial charge in [0.2, 0.25) is 0 Å². The Labute approximate surface area is 208 Å². The molecule has 0 N–H and O–H groups in total. The van der Waals surface area contributed by atoms with E-state index in [1.807, 2.05) is 27.7 Å². The fraction of sp³-hybridized carbons (Fsp3) is 0.636. The van der Waals surface area contributed by atoms with E-state index in [1.165, 1.54) is 55.2 Å².